The maximum absolute atomic E-state index is 13.6. The normalized spacial score (nSPS) is 15.6. The number of hydrogen-bond donors (Lipinski definition) is 1. The largest absolute Gasteiger partial charge is 0.461 e. The number of carbonyl (C=O) groups is 3. The van der Waals surface area contributed by atoms with Crippen LogP contribution in [0.5, 0.6) is 0 Å². The minimum Gasteiger partial charge on any atom is -0.461 e. The molecular weight excluding hydrogens is 474 g/mol. The second-order valence-electron chi connectivity index (χ2n) is 9.93. The summed E-state index contributed by atoms with van der Waals surface area (Å²) < 4.78 is 10.9. The van der Waals surface area contributed by atoms with Crippen LogP contribution in [0.3, 0.4) is 0 Å². The van der Waals surface area contributed by atoms with E-state index in [1.807, 2.05) is 60.7 Å². The molecule has 0 aliphatic carbocycles. The molecule has 9 heteroatoms. The van der Waals surface area contributed by atoms with Gasteiger partial charge in [0.25, 0.3) is 0 Å². The molecule has 1 N–H and O–H groups in total. The van der Waals surface area contributed by atoms with E-state index in [9.17, 15) is 14.4 Å². The van der Waals surface area contributed by atoms with Crippen LogP contribution >= 0.6 is 0 Å². The van der Waals surface area contributed by atoms with E-state index in [1.54, 1.807) is 20.8 Å². The first-order valence-electron chi connectivity index (χ1n) is 12.6. The molecule has 1 aliphatic rings. The Morgan fingerprint density at radius 1 is 0.946 bits per heavy atom. The number of esters is 2. The van der Waals surface area contributed by atoms with Crippen molar-refractivity contribution in [3.8, 4) is 0 Å². The third kappa shape index (κ3) is 9.51. The fourth-order valence-corrected chi connectivity index (χ4v) is 3.89. The van der Waals surface area contributed by atoms with Gasteiger partial charge >= 0.3 is 18.0 Å². The zero-order valence-electron chi connectivity index (χ0n) is 21.9. The van der Waals surface area contributed by atoms with Gasteiger partial charge in [-0.15, -0.1) is 5.59 Å². The Morgan fingerprint density at radius 3 is 2.19 bits per heavy atom. The molecule has 1 saturated heterocycles. The second kappa shape index (κ2) is 13.8. The van der Waals surface area contributed by atoms with Gasteiger partial charge in [-0.2, -0.15) is 0 Å². The number of hydrogen-bond acceptors (Lipinski definition) is 7. The summed E-state index contributed by atoms with van der Waals surface area (Å²) >= 11 is 0. The minimum atomic E-state index is -0.705. The summed E-state index contributed by atoms with van der Waals surface area (Å²) in [6.45, 7) is 6.15. The van der Waals surface area contributed by atoms with Crippen LogP contribution in [-0.2, 0) is 37.1 Å². The van der Waals surface area contributed by atoms with Crippen LogP contribution in [0.4, 0.5) is 4.79 Å². The Kier molecular flexibility index (Phi) is 10.5. The molecule has 0 unspecified atom stereocenters. The van der Waals surface area contributed by atoms with Gasteiger partial charge in [-0.05, 0) is 51.2 Å². The van der Waals surface area contributed by atoms with Gasteiger partial charge in [0.1, 0.15) is 18.2 Å². The van der Waals surface area contributed by atoms with Gasteiger partial charge in [0, 0.05) is 6.54 Å². The Hall–Kier alpha value is -3.43. The van der Waals surface area contributed by atoms with Gasteiger partial charge in [-0.3, -0.25) is 9.63 Å². The lowest BCUT2D eigenvalue weighted by Gasteiger charge is -2.38. The molecule has 0 saturated carbocycles. The summed E-state index contributed by atoms with van der Waals surface area (Å²) in [5, 5.41) is 1.22. The van der Waals surface area contributed by atoms with E-state index < -0.39 is 29.6 Å². The standard InChI is InChI=1S/C28H37N3O6/c1-28(2,3)37-26(33)24-16-10-11-18-30(24)27(34)31(29-36-21-23-14-8-5-9-15-23)19-17-25(32)35-20-22-12-6-4-7-13-22/h4-9,12-15,24,29H,10-11,16-21H2,1-3H3/t24-/m0/s1. The molecular formula is C28H37N3O6. The third-order valence-electron chi connectivity index (χ3n) is 5.70. The second-order valence-corrected chi connectivity index (χ2v) is 9.93. The summed E-state index contributed by atoms with van der Waals surface area (Å²) in [5.41, 5.74) is 3.81. The van der Waals surface area contributed by atoms with Gasteiger partial charge in [0.05, 0.1) is 19.6 Å². The van der Waals surface area contributed by atoms with Crippen molar-refractivity contribution in [2.75, 3.05) is 13.1 Å². The predicted octanol–water partition coefficient (Wildman–Crippen LogP) is 4.37. The van der Waals surface area contributed by atoms with Crippen LogP contribution in [0.2, 0.25) is 0 Å². The Balaban J connectivity index is 1.64. The van der Waals surface area contributed by atoms with Crippen molar-refractivity contribution >= 4 is 18.0 Å². The SMILES string of the molecule is CC(C)(C)OC(=O)[C@@H]1CCCCN1C(=O)N(CCC(=O)OCc1ccccc1)NOCc1ccccc1. The van der Waals surface area contributed by atoms with Gasteiger partial charge in [0.2, 0.25) is 0 Å². The number of piperidine rings is 1. The first kappa shape index (κ1) is 28.1. The molecule has 1 fully saturated rings. The first-order valence-corrected chi connectivity index (χ1v) is 12.6. The smallest absolute Gasteiger partial charge is 0.336 e. The van der Waals surface area contributed by atoms with E-state index >= 15 is 0 Å². The van der Waals surface area contributed by atoms with Crippen molar-refractivity contribution in [2.45, 2.75) is 71.3 Å². The molecule has 2 aromatic rings. The summed E-state index contributed by atoms with van der Waals surface area (Å²) in [6, 6.07) is 17.7. The Morgan fingerprint density at radius 2 is 1.57 bits per heavy atom. The van der Waals surface area contributed by atoms with Crippen molar-refractivity contribution in [1.29, 1.82) is 0 Å². The van der Waals surface area contributed by atoms with Crippen molar-refractivity contribution in [2.24, 2.45) is 0 Å². The fraction of sp³-hybridized carbons (Fsp3) is 0.464. The van der Waals surface area contributed by atoms with Crippen LogP contribution in [0, 0.1) is 0 Å². The highest BCUT2D eigenvalue weighted by Gasteiger charge is 2.37. The monoisotopic (exact) mass is 511 g/mol. The lowest BCUT2D eigenvalue weighted by Crippen LogP contribution is -2.57. The summed E-state index contributed by atoms with van der Waals surface area (Å²) in [6.07, 6.45) is 2.05. The van der Waals surface area contributed by atoms with Crippen molar-refractivity contribution in [3.63, 3.8) is 0 Å². The lowest BCUT2D eigenvalue weighted by molar-refractivity contribution is -0.162. The number of amides is 2. The maximum atomic E-state index is 13.6. The highest BCUT2D eigenvalue weighted by Crippen LogP contribution is 2.22. The number of carbonyl (C=O) groups excluding carboxylic acids is 3. The molecule has 3 rings (SSSR count). The highest BCUT2D eigenvalue weighted by molar-refractivity contribution is 5.84. The number of hydrazine groups is 1. The summed E-state index contributed by atoms with van der Waals surface area (Å²) in [4.78, 5) is 45.9. The van der Waals surface area contributed by atoms with Crippen LogP contribution in [-0.4, -0.2) is 52.6 Å². The van der Waals surface area contributed by atoms with Gasteiger partial charge < -0.3 is 14.4 Å². The molecule has 2 aromatic carbocycles. The molecule has 2 amide bonds. The number of ether oxygens (including phenoxy) is 2. The highest BCUT2D eigenvalue weighted by atomic mass is 16.7. The van der Waals surface area contributed by atoms with Crippen molar-refractivity contribution in [1.82, 2.24) is 15.5 Å². The third-order valence-corrected chi connectivity index (χ3v) is 5.70. The molecule has 0 radical (unpaired) electrons. The fourth-order valence-electron chi connectivity index (χ4n) is 3.89. The van der Waals surface area contributed by atoms with Gasteiger partial charge in [-0.25, -0.2) is 14.6 Å². The summed E-state index contributed by atoms with van der Waals surface area (Å²) in [7, 11) is 0. The lowest BCUT2D eigenvalue weighted by atomic mass is 10.0. The van der Waals surface area contributed by atoms with E-state index in [4.69, 9.17) is 14.3 Å². The Bertz CT molecular complexity index is 1010. The zero-order valence-corrected chi connectivity index (χ0v) is 21.9. The minimum absolute atomic E-state index is 0.00121. The number of urea groups is 1. The maximum Gasteiger partial charge on any atom is 0.336 e. The van der Waals surface area contributed by atoms with Crippen LogP contribution in [0.1, 0.15) is 57.6 Å². The molecule has 200 valence electrons. The van der Waals surface area contributed by atoms with Gasteiger partial charge in [-0.1, -0.05) is 60.7 Å². The molecule has 1 atom stereocenters. The quantitative estimate of drug-likeness (QED) is 0.374. The number of nitrogens with zero attached hydrogens (tertiary/aromatic N) is 2. The average Bonchev–Trinajstić information content (AvgIpc) is 2.89. The van der Waals surface area contributed by atoms with E-state index in [2.05, 4.69) is 5.59 Å². The molecule has 0 bridgehead atoms. The van der Waals surface area contributed by atoms with E-state index in [0.717, 1.165) is 24.0 Å². The number of benzene rings is 2. The van der Waals surface area contributed by atoms with Crippen molar-refractivity contribution < 1.29 is 28.7 Å². The van der Waals surface area contributed by atoms with Crippen molar-refractivity contribution in [3.05, 3.63) is 71.8 Å². The summed E-state index contributed by atoms with van der Waals surface area (Å²) in [5.74, 6) is -0.887. The predicted molar refractivity (Wildman–Crippen MR) is 138 cm³/mol. The number of nitrogens with one attached hydrogen (secondary N) is 1. The van der Waals surface area contributed by atoms with Crippen LogP contribution in [0.15, 0.2) is 60.7 Å². The van der Waals surface area contributed by atoms with Crippen LogP contribution in [0.25, 0.3) is 0 Å². The molecule has 0 spiro atoms. The molecule has 37 heavy (non-hydrogen) atoms. The van der Waals surface area contributed by atoms with E-state index in [1.165, 1.54) is 9.91 Å². The molecule has 0 aromatic heterocycles. The number of rotatable bonds is 10. The zero-order chi connectivity index (χ0) is 26.7. The average molecular weight is 512 g/mol. The molecule has 1 heterocycles. The van der Waals surface area contributed by atoms with Gasteiger partial charge in [0.15, 0.2) is 0 Å². The topological polar surface area (TPSA) is 97.4 Å². The first-order chi connectivity index (χ1) is 17.7. The molecule has 1 aliphatic heterocycles. The van der Waals surface area contributed by atoms with E-state index in [-0.39, 0.29) is 26.2 Å². The number of likely N-dealkylation sites (tertiary alicyclic amines) is 1. The molecule has 9 nitrogen and oxygen atoms in total. The Labute approximate surface area is 218 Å². The van der Waals surface area contributed by atoms with E-state index in [0.29, 0.717) is 13.0 Å². The van der Waals surface area contributed by atoms with Crippen LogP contribution < -0.4 is 5.59 Å².